The van der Waals surface area contributed by atoms with Crippen LogP contribution in [0.2, 0.25) is 5.02 Å². The largest absolute Gasteiger partial charge is 0.398 e. The lowest BCUT2D eigenvalue weighted by Gasteiger charge is -2.10. The Kier molecular flexibility index (Phi) is 3.64. The summed E-state index contributed by atoms with van der Waals surface area (Å²) in [5, 5.41) is 0.0691. The van der Waals surface area contributed by atoms with E-state index in [-0.39, 0.29) is 21.4 Å². The molecular formula is C12H12ClN3O2S. The van der Waals surface area contributed by atoms with Crippen molar-refractivity contribution < 1.29 is 8.42 Å². The van der Waals surface area contributed by atoms with E-state index < -0.39 is 10.0 Å². The molecule has 0 fully saturated rings. The number of pyridine rings is 1. The van der Waals surface area contributed by atoms with Gasteiger partial charge in [0.05, 0.1) is 10.7 Å². The number of benzene rings is 1. The summed E-state index contributed by atoms with van der Waals surface area (Å²) in [7, 11) is -3.86. The maximum absolute atomic E-state index is 12.2. The molecule has 2 aromatic rings. The van der Waals surface area contributed by atoms with Gasteiger partial charge in [0.2, 0.25) is 0 Å². The average molecular weight is 298 g/mol. The lowest BCUT2D eigenvalue weighted by atomic mass is 10.3. The second-order valence-electron chi connectivity index (χ2n) is 3.98. The Bertz CT molecular complexity index is 679. The van der Waals surface area contributed by atoms with Gasteiger partial charge >= 0.3 is 0 Å². The van der Waals surface area contributed by atoms with E-state index in [1.807, 2.05) is 6.92 Å². The van der Waals surface area contributed by atoms with Crippen molar-refractivity contribution in [2.45, 2.75) is 11.8 Å². The minimum absolute atomic E-state index is 0.0691. The topological polar surface area (TPSA) is 85.1 Å². The number of halogens is 1. The Morgan fingerprint density at radius 3 is 2.58 bits per heavy atom. The summed E-state index contributed by atoms with van der Waals surface area (Å²) >= 11 is 5.89. The zero-order valence-corrected chi connectivity index (χ0v) is 11.7. The van der Waals surface area contributed by atoms with Crippen molar-refractivity contribution in [3.8, 4) is 0 Å². The van der Waals surface area contributed by atoms with Crippen LogP contribution in [0, 0.1) is 6.92 Å². The Hall–Kier alpha value is -1.79. The molecule has 3 N–H and O–H groups in total. The SMILES string of the molecule is Cc1ccc(NS(=O)(=O)c2c(N)cccc2Cl)nc1. The minimum Gasteiger partial charge on any atom is -0.398 e. The van der Waals surface area contributed by atoms with Crippen molar-refractivity contribution in [1.29, 1.82) is 0 Å². The number of nitrogens with zero attached hydrogens (tertiary/aromatic N) is 1. The third-order valence-electron chi connectivity index (χ3n) is 2.42. The standard InChI is InChI=1S/C12H12ClN3O2S/c1-8-5-6-11(15-7-8)16-19(17,18)12-9(13)3-2-4-10(12)14/h2-7H,14H2,1H3,(H,15,16). The number of hydrogen-bond acceptors (Lipinski definition) is 4. The van der Waals surface area contributed by atoms with Crippen LogP contribution in [-0.4, -0.2) is 13.4 Å². The fourth-order valence-corrected chi connectivity index (χ4v) is 3.21. The highest BCUT2D eigenvalue weighted by Crippen LogP contribution is 2.28. The smallest absolute Gasteiger partial charge is 0.266 e. The van der Waals surface area contributed by atoms with Crippen molar-refractivity contribution >= 4 is 33.1 Å². The molecule has 0 aliphatic rings. The lowest BCUT2D eigenvalue weighted by molar-refractivity contribution is 0.601. The second kappa shape index (κ2) is 5.07. The van der Waals surface area contributed by atoms with Gasteiger partial charge in [0, 0.05) is 6.20 Å². The molecule has 1 aromatic carbocycles. The molecule has 19 heavy (non-hydrogen) atoms. The van der Waals surface area contributed by atoms with Gasteiger partial charge in [0.1, 0.15) is 10.7 Å². The van der Waals surface area contributed by atoms with Crippen LogP contribution in [0.5, 0.6) is 0 Å². The molecule has 0 aliphatic heterocycles. The summed E-state index contributed by atoms with van der Waals surface area (Å²) < 4.78 is 26.8. The monoisotopic (exact) mass is 297 g/mol. The van der Waals surface area contributed by atoms with Gasteiger partial charge in [-0.1, -0.05) is 23.7 Å². The van der Waals surface area contributed by atoms with Crippen molar-refractivity contribution in [3.63, 3.8) is 0 Å². The van der Waals surface area contributed by atoms with Gasteiger partial charge in [0.25, 0.3) is 10.0 Å². The molecule has 0 atom stereocenters. The van der Waals surface area contributed by atoms with Gasteiger partial charge in [-0.3, -0.25) is 4.72 Å². The highest BCUT2D eigenvalue weighted by molar-refractivity contribution is 7.93. The highest BCUT2D eigenvalue weighted by atomic mass is 35.5. The molecular weight excluding hydrogens is 286 g/mol. The molecule has 0 saturated carbocycles. The predicted octanol–water partition coefficient (Wildman–Crippen LogP) is 2.43. The quantitative estimate of drug-likeness (QED) is 0.852. The Morgan fingerprint density at radius 1 is 1.26 bits per heavy atom. The molecule has 1 heterocycles. The van der Waals surface area contributed by atoms with Crippen LogP contribution in [0.4, 0.5) is 11.5 Å². The van der Waals surface area contributed by atoms with Crippen LogP contribution in [0.3, 0.4) is 0 Å². The van der Waals surface area contributed by atoms with E-state index in [9.17, 15) is 8.42 Å². The van der Waals surface area contributed by atoms with Crippen molar-refractivity contribution in [2.24, 2.45) is 0 Å². The highest BCUT2D eigenvalue weighted by Gasteiger charge is 2.21. The first kappa shape index (κ1) is 13.6. The van der Waals surface area contributed by atoms with Crippen LogP contribution < -0.4 is 10.5 Å². The fourth-order valence-electron chi connectivity index (χ4n) is 1.53. The summed E-state index contributed by atoms with van der Waals surface area (Å²) in [5.74, 6) is 0.213. The Morgan fingerprint density at radius 2 is 2.00 bits per heavy atom. The molecule has 0 spiro atoms. The number of rotatable bonds is 3. The summed E-state index contributed by atoms with van der Waals surface area (Å²) in [6.45, 7) is 1.86. The summed E-state index contributed by atoms with van der Waals surface area (Å²) in [5.41, 5.74) is 6.68. The summed E-state index contributed by atoms with van der Waals surface area (Å²) in [4.78, 5) is 3.83. The molecule has 5 nitrogen and oxygen atoms in total. The number of nitrogens with two attached hydrogens (primary N) is 1. The maximum Gasteiger partial charge on any atom is 0.266 e. The maximum atomic E-state index is 12.2. The lowest BCUT2D eigenvalue weighted by Crippen LogP contribution is -2.16. The first-order valence-electron chi connectivity index (χ1n) is 5.39. The van der Waals surface area contributed by atoms with Gasteiger partial charge in [-0.05, 0) is 30.7 Å². The predicted molar refractivity (Wildman–Crippen MR) is 75.6 cm³/mol. The van der Waals surface area contributed by atoms with Crippen LogP contribution in [0.25, 0.3) is 0 Å². The number of anilines is 2. The van der Waals surface area contributed by atoms with Gasteiger partial charge < -0.3 is 5.73 Å². The number of aryl methyl sites for hydroxylation is 1. The van der Waals surface area contributed by atoms with Crippen LogP contribution in [-0.2, 0) is 10.0 Å². The van der Waals surface area contributed by atoms with E-state index in [1.165, 1.54) is 12.1 Å². The van der Waals surface area contributed by atoms with Crippen LogP contribution in [0.15, 0.2) is 41.4 Å². The van der Waals surface area contributed by atoms with Crippen LogP contribution >= 0.6 is 11.6 Å². The van der Waals surface area contributed by atoms with E-state index in [2.05, 4.69) is 9.71 Å². The molecule has 0 aliphatic carbocycles. The zero-order valence-electron chi connectivity index (χ0n) is 10.1. The molecule has 0 amide bonds. The van der Waals surface area contributed by atoms with Crippen LogP contribution in [0.1, 0.15) is 5.56 Å². The van der Waals surface area contributed by atoms with E-state index in [0.717, 1.165) is 5.56 Å². The Balaban J connectivity index is 2.41. The molecule has 0 radical (unpaired) electrons. The van der Waals surface area contributed by atoms with Crippen molar-refractivity contribution in [3.05, 3.63) is 47.1 Å². The second-order valence-corrected chi connectivity index (χ2v) is 6.01. The number of aromatic nitrogens is 1. The first-order valence-corrected chi connectivity index (χ1v) is 7.26. The number of sulfonamides is 1. The molecule has 0 bridgehead atoms. The van der Waals surface area contributed by atoms with Crippen molar-refractivity contribution in [2.75, 3.05) is 10.5 Å². The molecule has 2 rings (SSSR count). The number of hydrogen-bond donors (Lipinski definition) is 2. The van der Waals surface area contributed by atoms with E-state index in [0.29, 0.717) is 0 Å². The van der Waals surface area contributed by atoms with Crippen molar-refractivity contribution in [1.82, 2.24) is 4.98 Å². The van der Waals surface area contributed by atoms with Gasteiger partial charge in [-0.2, -0.15) is 0 Å². The number of nitrogen functional groups attached to an aromatic ring is 1. The molecule has 1 aromatic heterocycles. The third kappa shape index (κ3) is 2.97. The zero-order chi connectivity index (χ0) is 14.0. The Labute approximate surface area is 116 Å². The molecule has 7 heteroatoms. The minimum atomic E-state index is -3.86. The molecule has 100 valence electrons. The summed E-state index contributed by atoms with van der Waals surface area (Å²) in [6.07, 6.45) is 1.56. The normalized spacial score (nSPS) is 11.3. The van der Waals surface area contributed by atoms with Gasteiger partial charge in [-0.15, -0.1) is 0 Å². The molecule has 0 saturated heterocycles. The number of nitrogens with one attached hydrogen (secondary N) is 1. The van der Waals surface area contributed by atoms with Gasteiger partial charge in [-0.25, -0.2) is 13.4 Å². The first-order chi connectivity index (χ1) is 8.90. The summed E-state index contributed by atoms with van der Waals surface area (Å²) in [6, 6.07) is 7.85. The molecule has 0 unspecified atom stereocenters. The average Bonchev–Trinajstić information content (AvgIpc) is 2.31. The van der Waals surface area contributed by atoms with Gasteiger partial charge in [0.15, 0.2) is 0 Å². The third-order valence-corrected chi connectivity index (χ3v) is 4.31. The van der Waals surface area contributed by atoms with E-state index in [1.54, 1.807) is 24.4 Å². The van der Waals surface area contributed by atoms with E-state index >= 15 is 0 Å². The van der Waals surface area contributed by atoms with E-state index in [4.69, 9.17) is 17.3 Å². The fraction of sp³-hybridized carbons (Fsp3) is 0.0833.